The van der Waals surface area contributed by atoms with Crippen molar-refractivity contribution in [2.75, 3.05) is 20.3 Å². The molecule has 1 rings (SSSR count). The first-order valence-electron chi connectivity index (χ1n) is 6.52. The van der Waals surface area contributed by atoms with Gasteiger partial charge in [-0.15, -0.1) is 0 Å². The molecule has 0 aliphatic rings. The molecule has 0 heterocycles. The first-order chi connectivity index (χ1) is 9.67. The van der Waals surface area contributed by atoms with Crippen LogP contribution in [0.4, 0.5) is 0 Å². The van der Waals surface area contributed by atoms with Crippen molar-refractivity contribution in [2.24, 2.45) is 5.10 Å². The molecule has 0 amide bonds. The molecule has 0 bridgehead atoms. The molecule has 0 radical (unpaired) electrons. The number of methoxy groups -OCH3 is 1. The summed E-state index contributed by atoms with van der Waals surface area (Å²) in [5, 5.41) is 8.59. The molecule has 0 saturated heterocycles. The Balaban J connectivity index is 2.63. The third-order valence-corrected chi connectivity index (χ3v) is 3.04. The van der Waals surface area contributed by atoms with Crippen molar-refractivity contribution in [3.63, 3.8) is 0 Å². The molecule has 0 saturated carbocycles. The van der Waals surface area contributed by atoms with Crippen molar-refractivity contribution >= 4 is 34.6 Å². The Kier molecular flexibility index (Phi) is 8.18. The van der Waals surface area contributed by atoms with E-state index in [9.17, 15) is 0 Å². The molecule has 20 heavy (non-hydrogen) atoms. The highest BCUT2D eigenvalue weighted by molar-refractivity contribution is 7.80. The van der Waals surface area contributed by atoms with Crippen LogP contribution in [-0.2, 0) is 4.74 Å². The van der Waals surface area contributed by atoms with Gasteiger partial charge in [-0.1, -0.05) is 37.1 Å². The number of hydrogen-bond donors (Lipinski definition) is 2. The lowest BCUT2D eigenvalue weighted by Gasteiger charge is -2.09. The molecule has 110 valence electrons. The maximum atomic E-state index is 5.89. The summed E-state index contributed by atoms with van der Waals surface area (Å²) in [7, 11) is 1.65. The molecule has 0 unspecified atom stereocenters. The summed E-state index contributed by atoms with van der Waals surface area (Å²) in [5.41, 5.74) is 4.86. The van der Waals surface area contributed by atoms with Crippen LogP contribution in [0.1, 0.15) is 25.3 Å². The molecule has 1 aromatic carbocycles. The molecule has 0 fully saturated rings. The summed E-state index contributed by atoms with van der Waals surface area (Å²) in [6, 6.07) is 7.63. The van der Waals surface area contributed by atoms with E-state index in [0.717, 1.165) is 24.1 Å². The average Bonchev–Trinajstić information content (AvgIpc) is 2.45. The van der Waals surface area contributed by atoms with Crippen molar-refractivity contribution in [3.8, 4) is 0 Å². The Bertz CT molecular complexity index is 448. The molecular weight excluding hydrogens is 294 g/mol. The SMILES string of the molecule is CCC/C(=N/NC(=S)NCCOC)c1ccc(Cl)cc1. The second-order valence-electron chi connectivity index (χ2n) is 4.18. The zero-order valence-electron chi connectivity index (χ0n) is 11.8. The van der Waals surface area contributed by atoms with Crippen LogP contribution >= 0.6 is 23.8 Å². The lowest BCUT2D eigenvalue weighted by atomic mass is 10.1. The van der Waals surface area contributed by atoms with E-state index in [-0.39, 0.29) is 0 Å². The molecule has 1 aromatic rings. The summed E-state index contributed by atoms with van der Waals surface area (Å²) < 4.78 is 4.94. The molecule has 0 spiro atoms. The van der Waals surface area contributed by atoms with Gasteiger partial charge in [-0.25, -0.2) is 0 Å². The molecule has 0 atom stereocenters. The zero-order chi connectivity index (χ0) is 14.8. The van der Waals surface area contributed by atoms with Gasteiger partial charge < -0.3 is 10.1 Å². The number of thiocarbonyl (C=S) groups is 1. The minimum Gasteiger partial charge on any atom is -0.383 e. The fourth-order valence-electron chi connectivity index (χ4n) is 1.57. The van der Waals surface area contributed by atoms with Crippen LogP contribution in [0.15, 0.2) is 29.4 Å². The van der Waals surface area contributed by atoms with Crippen molar-refractivity contribution in [1.29, 1.82) is 0 Å². The van der Waals surface area contributed by atoms with E-state index in [2.05, 4.69) is 22.8 Å². The molecular formula is C14H20ClN3OS. The highest BCUT2D eigenvalue weighted by atomic mass is 35.5. The predicted molar refractivity (Wildman–Crippen MR) is 88.5 cm³/mol. The van der Waals surface area contributed by atoms with Crippen LogP contribution in [0.5, 0.6) is 0 Å². The van der Waals surface area contributed by atoms with E-state index >= 15 is 0 Å². The number of nitrogens with zero attached hydrogens (tertiary/aromatic N) is 1. The van der Waals surface area contributed by atoms with Gasteiger partial charge in [-0.05, 0) is 36.3 Å². The summed E-state index contributed by atoms with van der Waals surface area (Å²) in [5.74, 6) is 0. The van der Waals surface area contributed by atoms with E-state index in [4.69, 9.17) is 28.6 Å². The highest BCUT2D eigenvalue weighted by Gasteiger charge is 2.03. The van der Waals surface area contributed by atoms with E-state index in [1.165, 1.54) is 0 Å². The largest absolute Gasteiger partial charge is 0.383 e. The summed E-state index contributed by atoms with van der Waals surface area (Å²) in [6.45, 7) is 3.37. The fraction of sp³-hybridized carbons (Fsp3) is 0.429. The third kappa shape index (κ3) is 6.32. The maximum Gasteiger partial charge on any atom is 0.187 e. The number of ether oxygens (including phenoxy) is 1. The van der Waals surface area contributed by atoms with Crippen molar-refractivity contribution in [2.45, 2.75) is 19.8 Å². The summed E-state index contributed by atoms with van der Waals surface area (Å²) in [4.78, 5) is 0. The number of benzene rings is 1. The van der Waals surface area contributed by atoms with Gasteiger partial charge in [0.15, 0.2) is 5.11 Å². The monoisotopic (exact) mass is 313 g/mol. The molecule has 0 aliphatic heterocycles. The van der Waals surface area contributed by atoms with Crippen molar-refractivity contribution < 1.29 is 4.74 Å². The lowest BCUT2D eigenvalue weighted by Crippen LogP contribution is -2.34. The van der Waals surface area contributed by atoms with Gasteiger partial charge in [0.05, 0.1) is 12.3 Å². The molecule has 6 heteroatoms. The molecule has 0 aromatic heterocycles. The summed E-state index contributed by atoms with van der Waals surface area (Å²) in [6.07, 6.45) is 1.88. The maximum absolute atomic E-state index is 5.89. The standard InChI is InChI=1S/C14H20ClN3OS/c1-3-4-13(11-5-7-12(15)8-6-11)17-18-14(20)16-9-10-19-2/h5-8H,3-4,9-10H2,1-2H3,(H2,16,18,20)/b17-13-. The van der Waals surface area contributed by atoms with Gasteiger partial charge in [0.1, 0.15) is 0 Å². The Morgan fingerprint density at radius 3 is 2.65 bits per heavy atom. The first kappa shape index (κ1) is 16.9. The Morgan fingerprint density at radius 2 is 2.05 bits per heavy atom. The predicted octanol–water partition coefficient (Wildman–Crippen LogP) is 2.95. The first-order valence-corrected chi connectivity index (χ1v) is 7.31. The molecule has 2 N–H and O–H groups in total. The van der Waals surface area contributed by atoms with Gasteiger partial charge in [0, 0.05) is 18.7 Å². The van der Waals surface area contributed by atoms with Crippen LogP contribution in [0.3, 0.4) is 0 Å². The van der Waals surface area contributed by atoms with Crippen molar-refractivity contribution in [1.82, 2.24) is 10.7 Å². The number of halogens is 1. The van der Waals surface area contributed by atoms with E-state index in [0.29, 0.717) is 23.3 Å². The van der Waals surface area contributed by atoms with Crippen LogP contribution in [0.2, 0.25) is 5.02 Å². The lowest BCUT2D eigenvalue weighted by molar-refractivity contribution is 0.204. The van der Waals surface area contributed by atoms with E-state index < -0.39 is 0 Å². The van der Waals surface area contributed by atoms with Gasteiger partial charge >= 0.3 is 0 Å². The van der Waals surface area contributed by atoms with Gasteiger partial charge in [-0.2, -0.15) is 5.10 Å². The minimum absolute atomic E-state index is 0.490. The van der Waals surface area contributed by atoms with Crippen molar-refractivity contribution in [3.05, 3.63) is 34.9 Å². The number of rotatable bonds is 7. The Hall–Kier alpha value is -1.17. The van der Waals surface area contributed by atoms with Crippen LogP contribution in [-0.4, -0.2) is 31.1 Å². The van der Waals surface area contributed by atoms with Gasteiger partial charge in [-0.3, -0.25) is 5.43 Å². The normalized spacial score (nSPS) is 11.2. The summed E-state index contributed by atoms with van der Waals surface area (Å²) >= 11 is 11.0. The van der Waals surface area contributed by atoms with E-state index in [1.807, 2.05) is 24.3 Å². The van der Waals surface area contributed by atoms with Crippen LogP contribution < -0.4 is 10.7 Å². The van der Waals surface area contributed by atoms with Crippen LogP contribution in [0.25, 0.3) is 0 Å². The number of nitrogens with one attached hydrogen (secondary N) is 2. The fourth-order valence-corrected chi connectivity index (χ4v) is 1.84. The Labute approximate surface area is 130 Å². The second kappa shape index (κ2) is 9.69. The molecule has 4 nitrogen and oxygen atoms in total. The van der Waals surface area contributed by atoms with Gasteiger partial charge in [0.25, 0.3) is 0 Å². The molecule has 0 aliphatic carbocycles. The quantitative estimate of drug-likeness (QED) is 0.352. The number of hydrazone groups is 1. The van der Waals surface area contributed by atoms with Gasteiger partial charge in [0.2, 0.25) is 0 Å². The highest BCUT2D eigenvalue weighted by Crippen LogP contribution is 2.12. The van der Waals surface area contributed by atoms with Crippen LogP contribution in [0, 0.1) is 0 Å². The Morgan fingerprint density at radius 1 is 1.35 bits per heavy atom. The minimum atomic E-state index is 0.490. The third-order valence-electron chi connectivity index (χ3n) is 2.55. The smallest absolute Gasteiger partial charge is 0.187 e. The average molecular weight is 314 g/mol. The number of hydrogen-bond acceptors (Lipinski definition) is 3. The topological polar surface area (TPSA) is 45.7 Å². The zero-order valence-corrected chi connectivity index (χ0v) is 13.4. The van der Waals surface area contributed by atoms with E-state index in [1.54, 1.807) is 7.11 Å². The second-order valence-corrected chi connectivity index (χ2v) is 5.02.